The molecule has 0 saturated heterocycles. The fourth-order valence-electron chi connectivity index (χ4n) is 1.58. The van der Waals surface area contributed by atoms with Gasteiger partial charge in [0, 0.05) is 16.8 Å². The van der Waals surface area contributed by atoms with E-state index in [4.69, 9.17) is 11.6 Å². The minimum absolute atomic E-state index is 0.188. The Hall–Kier alpha value is -1.53. The van der Waals surface area contributed by atoms with E-state index in [1.165, 1.54) is 6.07 Å². The van der Waals surface area contributed by atoms with E-state index in [1.54, 1.807) is 32.0 Å². The van der Waals surface area contributed by atoms with E-state index in [1.807, 2.05) is 0 Å². The SMILES string of the molecule is Cc1cc(NS(=O)(=O)c2ccc(Cl)cc2C)n[nH]1. The Labute approximate surface area is 110 Å². The number of sulfonamides is 1. The van der Waals surface area contributed by atoms with E-state index in [0.717, 1.165) is 5.69 Å². The van der Waals surface area contributed by atoms with Gasteiger partial charge in [-0.1, -0.05) is 11.6 Å². The Balaban J connectivity index is 2.36. The first kappa shape index (κ1) is 12.9. The molecule has 5 nitrogen and oxygen atoms in total. The van der Waals surface area contributed by atoms with Crippen molar-refractivity contribution in [2.24, 2.45) is 0 Å². The van der Waals surface area contributed by atoms with Crippen LogP contribution >= 0.6 is 11.6 Å². The van der Waals surface area contributed by atoms with Crippen LogP contribution in [0, 0.1) is 13.8 Å². The highest BCUT2D eigenvalue weighted by atomic mass is 35.5. The van der Waals surface area contributed by atoms with E-state index in [9.17, 15) is 8.42 Å². The Kier molecular flexibility index (Phi) is 3.32. The van der Waals surface area contributed by atoms with Crippen LogP contribution < -0.4 is 4.72 Å². The number of nitrogens with one attached hydrogen (secondary N) is 2. The molecule has 96 valence electrons. The molecular formula is C11H12ClN3O2S. The number of rotatable bonds is 3. The van der Waals surface area contributed by atoms with Crippen molar-refractivity contribution in [3.63, 3.8) is 0 Å². The van der Waals surface area contributed by atoms with Crippen LogP contribution in [0.25, 0.3) is 0 Å². The van der Waals surface area contributed by atoms with Gasteiger partial charge in [-0.25, -0.2) is 8.42 Å². The van der Waals surface area contributed by atoms with Crippen molar-refractivity contribution in [3.05, 3.63) is 40.5 Å². The van der Waals surface area contributed by atoms with Gasteiger partial charge < -0.3 is 0 Å². The molecule has 1 aromatic heterocycles. The number of benzene rings is 1. The summed E-state index contributed by atoms with van der Waals surface area (Å²) < 4.78 is 26.7. The summed E-state index contributed by atoms with van der Waals surface area (Å²) in [6.45, 7) is 3.48. The van der Waals surface area contributed by atoms with Crippen LogP contribution in [0.3, 0.4) is 0 Å². The predicted molar refractivity (Wildman–Crippen MR) is 70.3 cm³/mol. The van der Waals surface area contributed by atoms with Crippen molar-refractivity contribution < 1.29 is 8.42 Å². The lowest BCUT2D eigenvalue weighted by atomic mass is 10.2. The van der Waals surface area contributed by atoms with Gasteiger partial charge >= 0.3 is 0 Å². The van der Waals surface area contributed by atoms with Gasteiger partial charge in [-0.05, 0) is 37.6 Å². The van der Waals surface area contributed by atoms with Crippen LogP contribution in [0.15, 0.2) is 29.2 Å². The Bertz CT molecular complexity index is 679. The van der Waals surface area contributed by atoms with Crippen molar-refractivity contribution in [1.82, 2.24) is 10.2 Å². The molecule has 18 heavy (non-hydrogen) atoms. The van der Waals surface area contributed by atoms with Crippen LogP contribution in [0.2, 0.25) is 5.02 Å². The molecule has 0 aliphatic carbocycles. The summed E-state index contributed by atoms with van der Waals surface area (Å²) in [7, 11) is -3.64. The summed E-state index contributed by atoms with van der Waals surface area (Å²) in [6.07, 6.45) is 0. The number of halogens is 1. The first-order chi connectivity index (χ1) is 8.38. The zero-order chi connectivity index (χ0) is 13.3. The van der Waals surface area contributed by atoms with Gasteiger partial charge in [-0.15, -0.1) is 0 Å². The van der Waals surface area contributed by atoms with Crippen molar-refractivity contribution in [1.29, 1.82) is 0 Å². The summed E-state index contributed by atoms with van der Waals surface area (Å²) in [5, 5.41) is 7.00. The van der Waals surface area contributed by atoms with E-state index >= 15 is 0 Å². The van der Waals surface area contributed by atoms with Gasteiger partial charge in [0.05, 0.1) is 4.90 Å². The minimum Gasteiger partial charge on any atom is -0.281 e. The molecule has 0 saturated carbocycles. The quantitative estimate of drug-likeness (QED) is 0.910. The number of H-pyrrole nitrogens is 1. The summed E-state index contributed by atoms with van der Waals surface area (Å²) >= 11 is 5.80. The molecule has 7 heteroatoms. The first-order valence-corrected chi connectivity index (χ1v) is 7.05. The number of aryl methyl sites for hydroxylation is 2. The van der Waals surface area contributed by atoms with E-state index < -0.39 is 10.0 Å². The highest BCUT2D eigenvalue weighted by Crippen LogP contribution is 2.21. The maximum Gasteiger partial charge on any atom is 0.263 e. The van der Waals surface area contributed by atoms with Gasteiger partial charge in [0.15, 0.2) is 5.82 Å². The van der Waals surface area contributed by atoms with Crippen molar-refractivity contribution in [2.75, 3.05) is 4.72 Å². The fraction of sp³-hybridized carbons (Fsp3) is 0.182. The lowest BCUT2D eigenvalue weighted by Gasteiger charge is -2.08. The summed E-state index contributed by atoms with van der Waals surface area (Å²) in [6, 6.07) is 6.23. The zero-order valence-electron chi connectivity index (χ0n) is 9.86. The third kappa shape index (κ3) is 2.65. The zero-order valence-corrected chi connectivity index (χ0v) is 11.4. The van der Waals surface area contributed by atoms with E-state index in [2.05, 4.69) is 14.9 Å². The molecule has 1 heterocycles. The maximum absolute atomic E-state index is 12.1. The lowest BCUT2D eigenvalue weighted by Crippen LogP contribution is -2.14. The second-order valence-electron chi connectivity index (χ2n) is 3.95. The molecule has 0 atom stereocenters. The van der Waals surface area contributed by atoms with Crippen LogP contribution in [-0.4, -0.2) is 18.6 Å². The van der Waals surface area contributed by atoms with Crippen LogP contribution in [0.4, 0.5) is 5.82 Å². The van der Waals surface area contributed by atoms with Gasteiger partial charge in [0.1, 0.15) is 0 Å². The highest BCUT2D eigenvalue weighted by molar-refractivity contribution is 7.92. The molecule has 0 fully saturated rings. The Morgan fingerprint density at radius 3 is 2.56 bits per heavy atom. The van der Waals surface area contributed by atoms with E-state index in [-0.39, 0.29) is 10.7 Å². The maximum atomic E-state index is 12.1. The molecule has 0 amide bonds. The number of aromatic amines is 1. The monoisotopic (exact) mass is 285 g/mol. The third-order valence-electron chi connectivity index (χ3n) is 2.37. The molecule has 0 bridgehead atoms. The summed E-state index contributed by atoms with van der Waals surface area (Å²) in [5.41, 5.74) is 1.36. The molecule has 0 radical (unpaired) electrons. The van der Waals surface area contributed by atoms with Crippen molar-refractivity contribution in [3.8, 4) is 0 Å². The second-order valence-corrected chi connectivity index (χ2v) is 6.04. The first-order valence-electron chi connectivity index (χ1n) is 5.19. The standard InChI is InChI=1S/C11H12ClN3O2S/c1-7-5-9(12)3-4-10(7)18(16,17)15-11-6-8(2)13-14-11/h3-6H,1-2H3,(H2,13,14,15). The van der Waals surface area contributed by atoms with Crippen molar-refractivity contribution in [2.45, 2.75) is 18.7 Å². The van der Waals surface area contributed by atoms with Crippen LogP contribution in [-0.2, 0) is 10.0 Å². The Morgan fingerprint density at radius 2 is 2.00 bits per heavy atom. The molecule has 2 aromatic rings. The van der Waals surface area contributed by atoms with Crippen molar-refractivity contribution >= 4 is 27.4 Å². The van der Waals surface area contributed by atoms with Gasteiger partial charge in [-0.2, -0.15) is 5.10 Å². The third-order valence-corrected chi connectivity index (χ3v) is 4.12. The topological polar surface area (TPSA) is 74.8 Å². The lowest BCUT2D eigenvalue weighted by molar-refractivity contribution is 0.600. The molecule has 2 N–H and O–H groups in total. The van der Waals surface area contributed by atoms with E-state index in [0.29, 0.717) is 10.6 Å². The number of aromatic nitrogens is 2. The number of nitrogens with zero attached hydrogens (tertiary/aromatic N) is 1. The highest BCUT2D eigenvalue weighted by Gasteiger charge is 2.18. The average Bonchev–Trinajstić information content (AvgIpc) is 2.62. The van der Waals surface area contributed by atoms with Gasteiger partial charge in [0.2, 0.25) is 0 Å². The minimum atomic E-state index is -3.64. The predicted octanol–water partition coefficient (Wildman–Crippen LogP) is 2.48. The summed E-state index contributed by atoms with van der Waals surface area (Å²) in [4.78, 5) is 0.188. The molecule has 1 aromatic carbocycles. The smallest absolute Gasteiger partial charge is 0.263 e. The number of hydrogen-bond acceptors (Lipinski definition) is 3. The summed E-state index contributed by atoms with van der Waals surface area (Å²) in [5.74, 6) is 0.266. The molecule has 0 aliphatic heterocycles. The van der Waals surface area contributed by atoms with Crippen LogP contribution in [0.5, 0.6) is 0 Å². The van der Waals surface area contributed by atoms with Gasteiger partial charge in [0.25, 0.3) is 10.0 Å². The molecule has 0 spiro atoms. The average molecular weight is 286 g/mol. The second kappa shape index (κ2) is 4.62. The Morgan fingerprint density at radius 1 is 1.28 bits per heavy atom. The van der Waals surface area contributed by atoms with Crippen LogP contribution in [0.1, 0.15) is 11.3 Å². The molecule has 0 unspecified atom stereocenters. The molecule has 0 aliphatic rings. The van der Waals surface area contributed by atoms with Gasteiger partial charge in [-0.3, -0.25) is 9.82 Å². The fourth-order valence-corrected chi connectivity index (χ4v) is 3.02. The number of hydrogen-bond donors (Lipinski definition) is 2. The molecular weight excluding hydrogens is 274 g/mol. The number of anilines is 1. The molecule has 2 rings (SSSR count). The normalized spacial score (nSPS) is 11.5. The largest absolute Gasteiger partial charge is 0.281 e.